The molecular weight excluding hydrogens is 224 g/mol. The van der Waals surface area contributed by atoms with Crippen LogP contribution >= 0.6 is 0 Å². The van der Waals surface area contributed by atoms with Crippen LogP contribution < -0.4 is 4.74 Å². The highest BCUT2D eigenvalue weighted by Crippen LogP contribution is 2.29. The lowest BCUT2D eigenvalue weighted by Crippen LogP contribution is -2.04. The predicted octanol–water partition coefficient (Wildman–Crippen LogP) is 4.08. The van der Waals surface area contributed by atoms with Crippen LogP contribution in [0.5, 0.6) is 5.75 Å². The normalized spacial score (nSPS) is 10.9. The van der Waals surface area contributed by atoms with Crippen molar-refractivity contribution in [3.05, 3.63) is 42.0 Å². The Morgan fingerprint density at radius 1 is 1.11 bits per heavy atom. The smallest absolute Gasteiger partial charge is 0.163 e. The molecule has 0 heterocycles. The summed E-state index contributed by atoms with van der Waals surface area (Å²) in [5.74, 6) is 1.38. The molecule has 0 saturated carbocycles. The monoisotopic (exact) mass is 242 g/mol. The fourth-order valence-corrected chi connectivity index (χ4v) is 2.17. The fourth-order valence-electron chi connectivity index (χ4n) is 2.17. The molecule has 0 aliphatic heterocycles. The van der Waals surface area contributed by atoms with Crippen LogP contribution in [-0.2, 0) is 0 Å². The number of hydrogen-bond acceptors (Lipinski definition) is 2. The summed E-state index contributed by atoms with van der Waals surface area (Å²) in [6.45, 7) is 4.12. The van der Waals surface area contributed by atoms with Crippen molar-refractivity contribution in [2.75, 3.05) is 7.11 Å². The van der Waals surface area contributed by atoms with Gasteiger partial charge < -0.3 is 4.74 Å². The van der Waals surface area contributed by atoms with Crippen LogP contribution in [-0.4, -0.2) is 12.9 Å². The highest BCUT2D eigenvalue weighted by Gasteiger charge is 2.13. The molecule has 0 unspecified atom stereocenters. The van der Waals surface area contributed by atoms with Crippen molar-refractivity contribution in [3.63, 3.8) is 0 Å². The number of ketones is 1. The predicted molar refractivity (Wildman–Crippen MR) is 74.3 cm³/mol. The van der Waals surface area contributed by atoms with Crippen molar-refractivity contribution < 1.29 is 9.53 Å². The van der Waals surface area contributed by atoms with E-state index in [4.69, 9.17) is 4.74 Å². The van der Waals surface area contributed by atoms with E-state index in [1.54, 1.807) is 7.11 Å². The van der Waals surface area contributed by atoms with Gasteiger partial charge in [0.2, 0.25) is 0 Å². The second-order valence-electron chi connectivity index (χ2n) is 4.88. The molecule has 0 fully saturated rings. The minimum Gasteiger partial charge on any atom is -0.496 e. The second kappa shape index (κ2) is 5.21. The number of benzene rings is 2. The molecule has 0 spiro atoms. The Kier molecular flexibility index (Phi) is 3.66. The van der Waals surface area contributed by atoms with E-state index < -0.39 is 0 Å². The molecule has 0 bridgehead atoms. The molecule has 2 aromatic rings. The number of methoxy groups -OCH3 is 1. The van der Waals surface area contributed by atoms with Crippen molar-refractivity contribution in [3.8, 4) is 5.75 Å². The van der Waals surface area contributed by atoms with Crippen LogP contribution in [0, 0.1) is 5.92 Å². The number of fused-ring (bicyclic) bond motifs is 1. The number of rotatable bonds is 4. The van der Waals surface area contributed by atoms with Crippen molar-refractivity contribution >= 4 is 16.6 Å². The second-order valence-corrected chi connectivity index (χ2v) is 4.88. The maximum Gasteiger partial charge on any atom is 0.163 e. The van der Waals surface area contributed by atoms with Crippen LogP contribution in [0.2, 0.25) is 0 Å². The summed E-state index contributed by atoms with van der Waals surface area (Å²) in [4.78, 5) is 12.2. The molecule has 18 heavy (non-hydrogen) atoms. The molecule has 0 N–H and O–H groups in total. The molecule has 2 aromatic carbocycles. The summed E-state index contributed by atoms with van der Waals surface area (Å²) in [5, 5.41) is 1.97. The van der Waals surface area contributed by atoms with E-state index in [2.05, 4.69) is 13.8 Å². The van der Waals surface area contributed by atoms with E-state index >= 15 is 0 Å². The van der Waals surface area contributed by atoms with Gasteiger partial charge in [-0.1, -0.05) is 38.1 Å². The summed E-state index contributed by atoms with van der Waals surface area (Å²) in [7, 11) is 1.65. The summed E-state index contributed by atoms with van der Waals surface area (Å²) >= 11 is 0. The zero-order valence-electron chi connectivity index (χ0n) is 11.1. The topological polar surface area (TPSA) is 26.3 Å². The molecule has 0 aliphatic carbocycles. The summed E-state index contributed by atoms with van der Waals surface area (Å²) in [6, 6.07) is 11.6. The van der Waals surface area contributed by atoms with Crippen LogP contribution in [0.25, 0.3) is 10.8 Å². The number of hydrogen-bond donors (Lipinski definition) is 0. The van der Waals surface area contributed by atoms with Crippen LogP contribution in [0.3, 0.4) is 0 Å². The van der Waals surface area contributed by atoms with Gasteiger partial charge in [-0.25, -0.2) is 0 Å². The van der Waals surface area contributed by atoms with Gasteiger partial charge in [0.1, 0.15) is 5.75 Å². The lowest BCUT2D eigenvalue weighted by Gasteiger charge is -2.10. The minimum absolute atomic E-state index is 0.198. The van der Waals surface area contributed by atoms with Gasteiger partial charge in [0.25, 0.3) is 0 Å². The summed E-state index contributed by atoms with van der Waals surface area (Å²) in [6.07, 6.45) is 0.580. The van der Waals surface area contributed by atoms with Crippen LogP contribution in [0.4, 0.5) is 0 Å². The first-order valence-corrected chi connectivity index (χ1v) is 6.22. The van der Waals surface area contributed by atoms with E-state index in [9.17, 15) is 4.79 Å². The van der Waals surface area contributed by atoms with Gasteiger partial charge in [-0.05, 0) is 23.4 Å². The number of Topliss-reactive ketones (excluding diaryl/α,β-unsaturated/α-hetero) is 1. The van der Waals surface area contributed by atoms with E-state index in [0.717, 1.165) is 22.1 Å². The highest BCUT2D eigenvalue weighted by molar-refractivity contribution is 6.09. The Bertz CT molecular complexity index is 570. The first-order chi connectivity index (χ1) is 8.63. The van der Waals surface area contributed by atoms with Gasteiger partial charge in [-0.2, -0.15) is 0 Å². The lowest BCUT2D eigenvalue weighted by atomic mass is 9.96. The molecule has 2 nitrogen and oxygen atoms in total. The Morgan fingerprint density at radius 3 is 2.39 bits per heavy atom. The van der Waals surface area contributed by atoms with Gasteiger partial charge in [-0.3, -0.25) is 4.79 Å². The molecule has 0 amide bonds. The van der Waals surface area contributed by atoms with Crippen molar-refractivity contribution in [1.82, 2.24) is 0 Å². The largest absolute Gasteiger partial charge is 0.496 e. The third kappa shape index (κ3) is 2.37. The van der Waals surface area contributed by atoms with Gasteiger partial charge in [0, 0.05) is 17.4 Å². The third-order valence-electron chi connectivity index (χ3n) is 3.00. The van der Waals surface area contributed by atoms with Crippen molar-refractivity contribution in [2.24, 2.45) is 5.92 Å². The van der Waals surface area contributed by atoms with Gasteiger partial charge in [0.05, 0.1) is 7.11 Å². The van der Waals surface area contributed by atoms with E-state index in [1.807, 2.05) is 36.4 Å². The summed E-state index contributed by atoms with van der Waals surface area (Å²) < 4.78 is 5.33. The van der Waals surface area contributed by atoms with Crippen LogP contribution in [0.1, 0.15) is 30.6 Å². The summed E-state index contributed by atoms with van der Waals surface area (Å²) in [5.41, 5.74) is 0.792. The minimum atomic E-state index is 0.198. The van der Waals surface area contributed by atoms with Crippen LogP contribution in [0.15, 0.2) is 36.4 Å². The Hall–Kier alpha value is -1.83. The first-order valence-electron chi connectivity index (χ1n) is 6.22. The quantitative estimate of drug-likeness (QED) is 0.755. The number of carbonyl (C=O) groups excluding carboxylic acids is 1. The first kappa shape index (κ1) is 12.6. The zero-order chi connectivity index (χ0) is 13.1. The van der Waals surface area contributed by atoms with Gasteiger partial charge in [-0.15, -0.1) is 0 Å². The molecule has 0 saturated heterocycles. The Balaban J connectivity index is 2.56. The van der Waals surface area contributed by atoms with E-state index in [1.165, 1.54) is 0 Å². The maximum atomic E-state index is 12.2. The average Bonchev–Trinajstić information content (AvgIpc) is 2.36. The molecule has 94 valence electrons. The highest BCUT2D eigenvalue weighted by atomic mass is 16.5. The SMILES string of the molecule is COc1ccc(C(=O)CC(C)C)c2ccccc12. The standard InChI is InChI=1S/C16H18O2/c1-11(2)10-15(17)13-8-9-16(18-3)14-7-5-4-6-12(13)14/h4-9,11H,10H2,1-3H3. The average molecular weight is 242 g/mol. The Morgan fingerprint density at radius 2 is 1.78 bits per heavy atom. The van der Waals surface area contributed by atoms with E-state index in [-0.39, 0.29) is 5.78 Å². The number of carbonyl (C=O) groups is 1. The number of ether oxygens (including phenoxy) is 1. The van der Waals surface area contributed by atoms with Gasteiger partial charge in [0.15, 0.2) is 5.78 Å². The van der Waals surface area contributed by atoms with Crippen molar-refractivity contribution in [1.29, 1.82) is 0 Å². The Labute approximate surface area is 108 Å². The van der Waals surface area contributed by atoms with Gasteiger partial charge >= 0.3 is 0 Å². The molecule has 2 heteroatoms. The third-order valence-corrected chi connectivity index (χ3v) is 3.00. The fraction of sp³-hybridized carbons (Fsp3) is 0.312. The van der Waals surface area contributed by atoms with Crippen molar-refractivity contribution in [2.45, 2.75) is 20.3 Å². The maximum absolute atomic E-state index is 12.2. The molecule has 0 aliphatic rings. The molecular formula is C16H18O2. The molecule has 2 rings (SSSR count). The zero-order valence-corrected chi connectivity index (χ0v) is 11.1. The molecule has 0 aromatic heterocycles. The molecule has 0 radical (unpaired) electrons. The van der Waals surface area contributed by atoms with E-state index in [0.29, 0.717) is 12.3 Å². The lowest BCUT2D eigenvalue weighted by molar-refractivity contribution is 0.0969. The molecule has 0 atom stereocenters.